The van der Waals surface area contributed by atoms with E-state index in [1.807, 2.05) is 30.3 Å². The number of hydrogen-bond acceptors (Lipinski definition) is 5. The molecule has 3 rings (SSSR count). The van der Waals surface area contributed by atoms with Gasteiger partial charge < -0.3 is 9.47 Å². The van der Waals surface area contributed by atoms with Gasteiger partial charge in [-0.25, -0.2) is 9.59 Å². The van der Waals surface area contributed by atoms with Gasteiger partial charge in [-0.1, -0.05) is 30.3 Å². The molecule has 6 heteroatoms. The van der Waals surface area contributed by atoms with Crippen LogP contribution in [0.3, 0.4) is 0 Å². The smallest absolute Gasteiger partial charge is 0.415 e. The summed E-state index contributed by atoms with van der Waals surface area (Å²) in [5.74, 6) is -0.520. The number of cyclic esters (lactones) is 1. The molecular weight excluding hydrogens is 320 g/mol. The monoisotopic (exact) mass is 338 g/mol. The number of hydrogen-bond donors (Lipinski definition) is 0. The van der Waals surface area contributed by atoms with E-state index in [0.29, 0.717) is 11.3 Å². The molecule has 1 aromatic carbocycles. The molecule has 1 aliphatic rings. The fourth-order valence-electron chi connectivity index (χ4n) is 2.71. The zero-order chi connectivity index (χ0) is 17.6. The zero-order valence-electron chi connectivity index (χ0n) is 13.8. The zero-order valence-corrected chi connectivity index (χ0v) is 13.8. The molecule has 1 aliphatic heterocycles. The molecular formula is C19H18N2O4. The highest BCUT2D eigenvalue weighted by atomic mass is 16.6. The lowest BCUT2D eigenvalue weighted by atomic mass is 10.0. The summed E-state index contributed by atoms with van der Waals surface area (Å²) in [6, 6.07) is 12.7. The lowest BCUT2D eigenvalue weighted by Gasteiger charge is -2.24. The van der Waals surface area contributed by atoms with E-state index in [1.165, 1.54) is 11.0 Å². The molecule has 1 saturated heterocycles. The average Bonchev–Trinajstić information content (AvgIpc) is 3.03. The molecule has 0 saturated carbocycles. The molecule has 1 fully saturated rings. The van der Waals surface area contributed by atoms with E-state index in [0.717, 1.165) is 5.56 Å². The Kier molecular flexibility index (Phi) is 5.09. The second-order valence-corrected chi connectivity index (χ2v) is 5.40. The quantitative estimate of drug-likeness (QED) is 0.619. The molecule has 0 spiro atoms. The number of ether oxygens (including phenoxy) is 2. The summed E-state index contributed by atoms with van der Waals surface area (Å²) in [7, 11) is 0. The Hall–Kier alpha value is -3.15. The maximum absolute atomic E-state index is 12.4. The second kappa shape index (κ2) is 7.61. The van der Waals surface area contributed by atoms with Gasteiger partial charge in [0, 0.05) is 24.0 Å². The Labute approximate surface area is 145 Å². The third-order valence-corrected chi connectivity index (χ3v) is 3.82. The first-order valence-corrected chi connectivity index (χ1v) is 8.00. The van der Waals surface area contributed by atoms with Gasteiger partial charge in [-0.05, 0) is 24.6 Å². The maximum Gasteiger partial charge on any atom is 0.415 e. The van der Waals surface area contributed by atoms with Crippen molar-refractivity contribution in [2.45, 2.75) is 13.0 Å². The summed E-state index contributed by atoms with van der Waals surface area (Å²) in [6.45, 7) is 2.19. The Balaban J connectivity index is 2.04. The van der Waals surface area contributed by atoms with Gasteiger partial charge in [0.1, 0.15) is 6.61 Å². The fourth-order valence-corrected chi connectivity index (χ4v) is 2.71. The number of pyridine rings is 1. The van der Waals surface area contributed by atoms with E-state index in [1.54, 1.807) is 31.5 Å². The van der Waals surface area contributed by atoms with Crippen LogP contribution in [-0.2, 0) is 14.3 Å². The number of rotatable bonds is 5. The minimum atomic E-state index is -0.520. The van der Waals surface area contributed by atoms with Crippen LogP contribution < -0.4 is 0 Å². The van der Waals surface area contributed by atoms with Crippen LogP contribution in [0.15, 0.2) is 60.9 Å². The van der Waals surface area contributed by atoms with Gasteiger partial charge >= 0.3 is 12.1 Å². The first kappa shape index (κ1) is 16.7. The van der Waals surface area contributed by atoms with Gasteiger partial charge in [-0.2, -0.15) is 0 Å². The summed E-state index contributed by atoms with van der Waals surface area (Å²) in [4.78, 5) is 30.0. The maximum atomic E-state index is 12.4. The van der Waals surface area contributed by atoms with Gasteiger partial charge in [0.05, 0.1) is 18.3 Å². The molecule has 0 radical (unpaired) electrons. The van der Waals surface area contributed by atoms with E-state index in [-0.39, 0.29) is 19.3 Å². The Morgan fingerprint density at radius 2 is 2.12 bits per heavy atom. The van der Waals surface area contributed by atoms with Crippen LogP contribution in [0, 0.1) is 0 Å². The van der Waals surface area contributed by atoms with Crippen LogP contribution in [0.1, 0.15) is 24.1 Å². The van der Waals surface area contributed by atoms with Crippen LogP contribution >= 0.6 is 0 Å². The molecule has 2 aromatic rings. The first-order valence-electron chi connectivity index (χ1n) is 8.00. The number of aromatic nitrogens is 1. The van der Waals surface area contributed by atoms with Crippen molar-refractivity contribution in [2.24, 2.45) is 0 Å². The third kappa shape index (κ3) is 3.68. The van der Waals surface area contributed by atoms with Crippen molar-refractivity contribution in [1.29, 1.82) is 0 Å². The van der Waals surface area contributed by atoms with Crippen molar-refractivity contribution in [3.05, 3.63) is 72.1 Å². The number of esters is 1. The van der Waals surface area contributed by atoms with Crippen molar-refractivity contribution in [3.63, 3.8) is 0 Å². The van der Waals surface area contributed by atoms with E-state index in [4.69, 9.17) is 9.47 Å². The normalized spacial score (nSPS) is 17.3. The van der Waals surface area contributed by atoms with Crippen molar-refractivity contribution in [3.8, 4) is 0 Å². The van der Waals surface area contributed by atoms with Gasteiger partial charge in [0.2, 0.25) is 0 Å². The Morgan fingerprint density at radius 1 is 1.32 bits per heavy atom. The molecule has 0 aliphatic carbocycles. The molecule has 0 bridgehead atoms. The Bertz CT molecular complexity index is 775. The summed E-state index contributed by atoms with van der Waals surface area (Å²) in [5.41, 5.74) is 1.96. The van der Waals surface area contributed by atoms with Gasteiger partial charge in [0.15, 0.2) is 0 Å². The van der Waals surface area contributed by atoms with Crippen LogP contribution in [-0.4, -0.2) is 35.2 Å². The van der Waals surface area contributed by atoms with Gasteiger partial charge in [0.25, 0.3) is 0 Å². The molecule has 0 unspecified atom stereocenters. The standard InChI is InChI=1S/C19H18N2O4/c1-2-24-18(22)11-16(15-9-6-10-20-12-15)21-17(13-25-19(21)23)14-7-4-3-5-8-14/h3-12,17H,2,13H2,1H3/t17-/m0/s1. The van der Waals surface area contributed by atoms with Crippen LogP contribution in [0.25, 0.3) is 5.70 Å². The number of amides is 1. The molecule has 6 nitrogen and oxygen atoms in total. The van der Waals surface area contributed by atoms with E-state index in [9.17, 15) is 9.59 Å². The van der Waals surface area contributed by atoms with Gasteiger partial charge in [-0.3, -0.25) is 9.88 Å². The largest absolute Gasteiger partial charge is 0.463 e. The molecule has 1 atom stereocenters. The predicted octanol–water partition coefficient (Wildman–Crippen LogP) is 3.18. The molecule has 128 valence electrons. The van der Waals surface area contributed by atoms with E-state index in [2.05, 4.69) is 4.98 Å². The summed E-state index contributed by atoms with van der Waals surface area (Å²) < 4.78 is 10.3. The highest BCUT2D eigenvalue weighted by molar-refractivity contribution is 5.95. The topological polar surface area (TPSA) is 68.7 Å². The number of carbonyl (C=O) groups excluding carboxylic acids is 2. The van der Waals surface area contributed by atoms with Crippen LogP contribution in [0.2, 0.25) is 0 Å². The molecule has 2 heterocycles. The minimum Gasteiger partial charge on any atom is -0.463 e. The fraction of sp³-hybridized carbons (Fsp3) is 0.211. The molecule has 1 aromatic heterocycles. The van der Waals surface area contributed by atoms with Crippen molar-refractivity contribution in [2.75, 3.05) is 13.2 Å². The SMILES string of the molecule is CCOC(=O)C=C(c1cccnc1)N1C(=O)OC[C@H]1c1ccccc1. The van der Waals surface area contributed by atoms with Crippen LogP contribution in [0.4, 0.5) is 4.79 Å². The lowest BCUT2D eigenvalue weighted by Crippen LogP contribution is -2.27. The molecule has 0 N–H and O–H groups in total. The number of benzene rings is 1. The summed E-state index contributed by atoms with van der Waals surface area (Å²) >= 11 is 0. The molecule has 25 heavy (non-hydrogen) atoms. The van der Waals surface area contributed by atoms with Crippen molar-refractivity contribution >= 4 is 17.8 Å². The average molecular weight is 338 g/mol. The molecule has 1 amide bonds. The van der Waals surface area contributed by atoms with E-state index < -0.39 is 12.1 Å². The Morgan fingerprint density at radius 3 is 2.80 bits per heavy atom. The highest BCUT2D eigenvalue weighted by Crippen LogP contribution is 2.35. The van der Waals surface area contributed by atoms with Crippen LogP contribution in [0.5, 0.6) is 0 Å². The first-order chi connectivity index (χ1) is 12.2. The second-order valence-electron chi connectivity index (χ2n) is 5.40. The predicted molar refractivity (Wildman–Crippen MR) is 91.2 cm³/mol. The van der Waals surface area contributed by atoms with E-state index >= 15 is 0 Å². The minimum absolute atomic E-state index is 0.212. The number of carbonyl (C=O) groups is 2. The van der Waals surface area contributed by atoms with Crippen molar-refractivity contribution in [1.82, 2.24) is 9.88 Å². The number of nitrogens with zero attached hydrogens (tertiary/aromatic N) is 2. The van der Waals surface area contributed by atoms with Crippen molar-refractivity contribution < 1.29 is 19.1 Å². The highest BCUT2D eigenvalue weighted by Gasteiger charge is 2.37. The van der Waals surface area contributed by atoms with Gasteiger partial charge in [-0.15, -0.1) is 0 Å². The third-order valence-electron chi connectivity index (χ3n) is 3.82. The summed E-state index contributed by atoms with van der Waals surface area (Å²) in [6.07, 6.45) is 4.03. The summed E-state index contributed by atoms with van der Waals surface area (Å²) in [5, 5.41) is 0. The lowest BCUT2D eigenvalue weighted by molar-refractivity contribution is -0.137.